The lowest BCUT2D eigenvalue weighted by molar-refractivity contribution is -0.121. The third kappa shape index (κ3) is 2.91. The Hall–Kier alpha value is -1.40. The van der Waals surface area contributed by atoms with E-state index in [9.17, 15) is 9.59 Å². The average molecular weight is 495 g/mol. The van der Waals surface area contributed by atoms with Crippen molar-refractivity contribution in [3.05, 3.63) is 78.8 Å². The zero-order chi connectivity index (χ0) is 20.3. The van der Waals surface area contributed by atoms with E-state index in [-0.39, 0.29) is 32.6 Å². The van der Waals surface area contributed by atoms with Crippen molar-refractivity contribution in [3.8, 4) is 0 Å². The summed E-state index contributed by atoms with van der Waals surface area (Å²) in [6.07, 6.45) is 0. The highest BCUT2D eigenvalue weighted by Crippen LogP contribution is 2.48. The van der Waals surface area contributed by atoms with Crippen LogP contribution in [0, 0.1) is 0 Å². The minimum absolute atomic E-state index is 0.0643. The molecule has 0 saturated carbocycles. The molecule has 0 radical (unpaired) electrons. The number of amides is 2. The highest BCUT2D eigenvalue weighted by atomic mass is 35.5. The second kappa shape index (κ2) is 7.13. The lowest BCUT2D eigenvalue weighted by Gasteiger charge is -2.16. The fraction of sp³-hybridized carbons (Fsp3) is 0. The van der Waals surface area contributed by atoms with Gasteiger partial charge in [0.2, 0.25) is 0 Å². The molecule has 0 aliphatic carbocycles. The summed E-state index contributed by atoms with van der Waals surface area (Å²) in [6.45, 7) is 0. The zero-order valence-electron chi connectivity index (χ0n) is 13.4. The van der Waals surface area contributed by atoms with E-state index in [0.29, 0.717) is 21.2 Å². The number of hydrogen-bond donors (Lipinski definition) is 0. The van der Waals surface area contributed by atoms with Crippen LogP contribution in [-0.2, 0) is 9.59 Å². The SMILES string of the molecule is O=C1C2=C(c3ccc(Cl)c(Cl)c3)N(Cl)C(=O)C2=C(c2ccc(Cl)c(Cl)c2)N1Cl. The first kappa shape index (κ1) is 19.9. The molecule has 2 aliphatic heterocycles. The van der Waals surface area contributed by atoms with E-state index in [4.69, 9.17) is 70.0 Å². The van der Waals surface area contributed by atoms with Gasteiger partial charge >= 0.3 is 0 Å². The van der Waals surface area contributed by atoms with Crippen LogP contribution in [-0.4, -0.2) is 20.7 Å². The van der Waals surface area contributed by atoms with Gasteiger partial charge in [0, 0.05) is 34.7 Å². The Labute approximate surface area is 189 Å². The normalized spacial score (nSPS) is 16.6. The van der Waals surface area contributed by atoms with Gasteiger partial charge in [-0.25, -0.2) is 8.84 Å². The summed E-state index contributed by atoms with van der Waals surface area (Å²) in [6, 6.07) is 9.32. The summed E-state index contributed by atoms with van der Waals surface area (Å²) in [4.78, 5) is 25.8. The van der Waals surface area contributed by atoms with Gasteiger partial charge in [0.25, 0.3) is 11.8 Å². The quantitative estimate of drug-likeness (QED) is 0.452. The molecule has 142 valence electrons. The fourth-order valence-corrected chi connectivity index (χ4v) is 4.18. The maximum atomic E-state index is 12.9. The third-order valence-electron chi connectivity index (χ3n) is 4.29. The Balaban J connectivity index is 1.99. The molecule has 28 heavy (non-hydrogen) atoms. The van der Waals surface area contributed by atoms with Crippen molar-refractivity contribution in [2.75, 3.05) is 0 Å². The largest absolute Gasteiger partial charge is 0.276 e. The molecule has 2 heterocycles. The predicted molar refractivity (Wildman–Crippen MR) is 112 cm³/mol. The number of rotatable bonds is 2. The van der Waals surface area contributed by atoms with Crippen molar-refractivity contribution < 1.29 is 9.59 Å². The Morgan fingerprint density at radius 1 is 0.571 bits per heavy atom. The van der Waals surface area contributed by atoms with E-state index in [1.807, 2.05) is 0 Å². The van der Waals surface area contributed by atoms with E-state index in [2.05, 4.69) is 0 Å². The van der Waals surface area contributed by atoms with Crippen LogP contribution in [0.25, 0.3) is 11.4 Å². The number of fused-ring (bicyclic) bond motifs is 1. The Kier molecular flexibility index (Phi) is 5.07. The van der Waals surface area contributed by atoms with E-state index >= 15 is 0 Å². The number of halogens is 6. The van der Waals surface area contributed by atoms with E-state index < -0.39 is 11.8 Å². The minimum atomic E-state index is -0.602. The molecule has 0 unspecified atom stereocenters. The summed E-state index contributed by atoms with van der Waals surface area (Å²) in [5, 5.41) is 1.15. The van der Waals surface area contributed by atoms with E-state index in [1.54, 1.807) is 24.3 Å². The Morgan fingerprint density at radius 2 is 0.929 bits per heavy atom. The maximum absolute atomic E-state index is 12.9. The molecule has 0 spiro atoms. The van der Waals surface area contributed by atoms with Crippen LogP contribution in [0.15, 0.2) is 47.5 Å². The summed E-state index contributed by atoms with van der Waals surface area (Å²) in [5.74, 6) is -1.20. The van der Waals surface area contributed by atoms with Crippen LogP contribution in [0.4, 0.5) is 0 Å². The molecule has 2 aliphatic rings. The smallest absolute Gasteiger partial charge is 0.267 e. The summed E-state index contributed by atoms with van der Waals surface area (Å²) in [7, 11) is 0. The number of nitrogens with zero attached hydrogens (tertiary/aromatic N) is 2. The zero-order valence-corrected chi connectivity index (χ0v) is 18.0. The van der Waals surface area contributed by atoms with Gasteiger partial charge in [0.1, 0.15) is 0 Å². The number of benzene rings is 2. The van der Waals surface area contributed by atoms with Crippen molar-refractivity contribution in [2.45, 2.75) is 0 Å². The van der Waals surface area contributed by atoms with Crippen molar-refractivity contribution >= 4 is 93.2 Å². The van der Waals surface area contributed by atoms with Gasteiger partial charge in [0.15, 0.2) is 0 Å². The first-order valence-electron chi connectivity index (χ1n) is 7.62. The molecule has 0 saturated heterocycles. The average Bonchev–Trinajstić information content (AvgIpc) is 3.06. The van der Waals surface area contributed by atoms with Gasteiger partial charge in [-0.05, 0) is 24.3 Å². The fourth-order valence-electron chi connectivity index (χ4n) is 3.05. The molecular formula is C18H6Cl6N2O2. The molecule has 2 amide bonds. The standard InChI is InChI=1S/C18H6Cl6N2O2/c19-9-3-1-7(5-11(9)21)15-13-14(18(28)25(15)23)16(26(24)17(13)27)8-2-4-10(20)12(22)6-8/h1-6H. The van der Waals surface area contributed by atoms with Gasteiger partial charge in [-0.15, -0.1) is 0 Å². The molecule has 0 fully saturated rings. The van der Waals surface area contributed by atoms with Crippen molar-refractivity contribution in [3.63, 3.8) is 0 Å². The summed E-state index contributed by atoms with van der Waals surface area (Å²) < 4.78 is 1.73. The Bertz CT molecular complexity index is 1050. The molecule has 4 rings (SSSR count). The minimum Gasteiger partial charge on any atom is -0.267 e. The number of carbonyl (C=O) groups is 2. The monoisotopic (exact) mass is 492 g/mol. The van der Waals surface area contributed by atoms with Crippen molar-refractivity contribution in [2.24, 2.45) is 0 Å². The highest BCUT2D eigenvalue weighted by molar-refractivity contribution is 6.45. The molecule has 4 nitrogen and oxygen atoms in total. The van der Waals surface area contributed by atoms with Gasteiger partial charge in [-0.2, -0.15) is 0 Å². The molecular weight excluding hydrogens is 489 g/mol. The third-order valence-corrected chi connectivity index (χ3v) is 6.41. The Morgan fingerprint density at radius 3 is 1.25 bits per heavy atom. The van der Waals surface area contributed by atoms with Gasteiger partial charge in [0.05, 0.1) is 42.6 Å². The van der Waals surface area contributed by atoms with Gasteiger partial charge in [-0.3, -0.25) is 9.59 Å². The molecule has 0 atom stereocenters. The molecule has 2 aromatic carbocycles. The molecule has 0 aromatic heterocycles. The van der Waals surface area contributed by atoms with Crippen LogP contribution in [0.2, 0.25) is 20.1 Å². The number of carbonyl (C=O) groups excluding carboxylic acids is 2. The van der Waals surface area contributed by atoms with E-state index in [0.717, 1.165) is 8.84 Å². The van der Waals surface area contributed by atoms with Gasteiger partial charge < -0.3 is 0 Å². The van der Waals surface area contributed by atoms with Crippen LogP contribution in [0.1, 0.15) is 11.1 Å². The first-order chi connectivity index (χ1) is 13.2. The predicted octanol–water partition coefficient (Wildman–Crippen LogP) is 6.41. The second-order valence-electron chi connectivity index (χ2n) is 5.88. The topological polar surface area (TPSA) is 40.6 Å². The molecule has 0 N–H and O–H groups in total. The van der Waals surface area contributed by atoms with Crippen LogP contribution < -0.4 is 0 Å². The summed E-state index contributed by atoms with van der Waals surface area (Å²) in [5.41, 5.74) is 1.36. The van der Waals surface area contributed by atoms with Crippen LogP contribution >= 0.6 is 70.0 Å². The first-order valence-corrected chi connectivity index (χ1v) is 9.81. The highest BCUT2D eigenvalue weighted by Gasteiger charge is 2.48. The van der Waals surface area contributed by atoms with Crippen LogP contribution in [0.3, 0.4) is 0 Å². The lowest BCUT2D eigenvalue weighted by atomic mass is 10.0. The summed E-state index contributed by atoms with van der Waals surface area (Å²) >= 11 is 36.5. The van der Waals surface area contributed by atoms with E-state index in [1.165, 1.54) is 12.1 Å². The van der Waals surface area contributed by atoms with Gasteiger partial charge in [-0.1, -0.05) is 58.5 Å². The van der Waals surface area contributed by atoms with Crippen molar-refractivity contribution in [1.82, 2.24) is 8.84 Å². The maximum Gasteiger partial charge on any atom is 0.276 e. The number of hydrogen-bond acceptors (Lipinski definition) is 2. The van der Waals surface area contributed by atoms with Crippen molar-refractivity contribution in [1.29, 1.82) is 0 Å². The molecule has 10 heteroatoms. The molecule has 0 bridgehead atoms. The van der Waals surface area contributed by atoms with Crippen LogP contribution in [0.5, 0.6) is 0 Å². The lowest BCUT2D eigenvalue weighted by Crippen LogP contribution is -2.19. The molecule has 2 aromatic rings. The second-order valence-corrected chi connectivity index (χ2v) is 8.18.